The molecule has 0 aliphatic carbocycles. The van der Waals surface area contributed by atoms with Crippen LogP contribution in [0.2, 0.25) is 0 Å². The zero-order chi connectivity index (χ0) is 12.8. The molecule has 106 valence electrons. The second-order valence-corrected chi connectivity index (χ2v) is 6.27. The third kappa shape index (κ3) is 5.73. The van der Waals surface area contributed by atoms with Crippen molar-refractivity contribution in [3.05, 3.63) is 28.7 Å². The summed E-state index contributed by atoms with van der Waals surface area (Å²) in [7, 11) is 0. The molecule has 1 aromatic carbocycles. The Morgan fingerprint density at radius 1 is 1.26 bits per heavy atom. The molecule has 0 aromatic heterocycles. The molecule has 0 saturated carbocycles. The van der Waals surface area contributed by atoms with Crippen molar-refractivity contribution in [3.63, 3.8) is 0 Å². The van der Waals surface area contributed by atoms with Crippen LogP contribution in [0.25, 0.3) is 0 Å². The molecule has 1 aliphatic rings. The average molecular weight is 366 g/mol. The lowest BCUT2D eigenvalue weighted by molar-refractivity contribution is -0.131. The fourth-order valence-electron chi connectivity index (χ4n) is 1.86. The molecule has 2 rings (SSSR count). The highest BCUT2D eigenvalue weighted by atomic mass is 79.9. The minimum Gasteiger partial charge on any atom is -0.340 e. The Morgan fingerprint density at radius 2 is 1.89 bits per heavy atom. The number of thioether (sulfide) groups is 1. The van der Waals surface area contributed by atoms with Crippen LogP contribution in [-0.2, 0) is 4.79 Å². The number of benzene rings is 1. The number of carbonyl (C=O) groups excluding carboxylic acids is 1. The summed E-state index contributed by atoms with van der Waals surface area (Å²) in [6.45, 7) is 3.54. The molecule has 1 saturated heterocycles. The fraction of sp³-hybridized carbons (Fsp3) is 0.462. The second kappa shape index (κ2) is 8.84. The predicted molar refractivity (Wildman–Crippen MR) is 86.2 cm³/mol. The molecule has 1 N–H and O–H groups in total. The third-order valence-corrected chi connectivity index (χ3v) is 4.41. The van der Waals surface area contributed by atoms with Crippen molar-refractivity contribution in [2.75, 3.05) is 31.9 Å². The monoisotopic (exact) mass is 364 g/mol. The van der Waals surface area contributed by atoms with Crippen LogP contribution in [-0.4, -0.2) is 42.7 Å². The van der Waals surface area contributed by atoms with Crippen molar-refractivity contribution in [3.8, 4) is 0 Å². The summed E-state index contributed by atoms with van der Waals surface area (Å²) in [4.78, 5) is 15.1. The molecule has 1 heterocycles. The van der Waals surface area contributed by atoms with E-state index in [4.69, 9.17) is 0 Å². The fourth-order valence-corrected chi connectivity index (χ4v) is 2.96. The molecular formula is C13H18BrClN2OS. The van der Waals surface area contributed by atoms with Gasteiger partial charge in [0, 0.05) is 47.7 Å². The van der Waals surface area contributed by atoms with E-state index in [2.05, 4.69) is 33.4 Å². The van der Waals surface area contributed by atoms with Gasteiger partial charge in [-0.3, -0.25) is 4.79 Å². The maximum Gasteiger partial charge on any atom is 0.223 e. The van der Waals surface area contributed by atoms with Crippen LogP contribution >= 0.6 is 40.1 Å². The van der Waals surface area contributed by atoms with Crippen molar-refractivity contribution < 1.29 is 4.79 Å². The zero-order valence-corrected chi connectivity index (χ0v) is 13.8. The lowest BCUT2D eigenvalue weighted by Gasteiger charge is -2.27. The Kier molecular flexibility index (Phi) is 7.83. The molecular weight excluding hydrogens is 348 g/mol. The van der Waals surface area contributed by atoms with Crippen LogP contribution < -0.4 is 5.32 Å². The van der Waals surface area contributed by atoms with E-state index in [1.54, 1.807) is 11.8 Å². The van der Waals surface area contributed by atoms with E-state index in [9.17, 15) is 4.79 Å². The first-order chi connectivity index (χ1) is 8.75. The van der Waals surface area contributed by atoms with Crippen molar-refractivity contribution in [1.29, 1.82) is 0 Å². The van der Waals surface area contributed by atoms with Gasteiger partial charge in [0.1, 0.15) is 0 Å². The number of rotatable bonds is 4. The van der Waals surface area contributed by atoms with Gasteiger partial charge in [-0.15, -0.1) is 24.2 Å². The number of nitrogens with zero attached hydrogens (tertiary/aromatic N) is 1. The van der Waals surface area contributed by atoms with Crippen molar-refractivity contribution in [2.45, 2.75) is 11.3 Å². The molecule has 1 aliphatic heterocycles. The van der Waals surface area contributed by atoms with Crippen molar-refractivity contribution in [2.24, 2.45) is 0 Å². The van der Waals surface area contributed by atoms with Gasteiger partial charge in [-0.1, -0.05) is 15.9 Å². The minimum atomic E-state index is 0. The molecule has 0 atom stereocenters. The number of amides is 1. The highest BCUT2D eigenvalue weighted by molar-refractivity contribution is 9.10. The first-order valence-electron chi connectivity index (χ1n) is 6.12. The standard InChI is InChI=1S/C13H17BrN2OS.ClH/c14-11-1-3-12(4-2-11)18-10-5-13(17)16-8-6-15-7-9-16;/h1-4,15H,5-10H2;1H. The van der Waals surface area contributed by atoms with E-state index >= 15 is 0 Å². The van der Waals surface area contributed by atoms with Gasteiger partial charge in [0.2, 0.25) is 5.91 Å². The quantitative estimate of drug-likeness (QED) is 0.833. The maximum absolute atomic E-state index is 11.9. The molecule has 1 aromatic rings. The summed E-state index contributed by atoms with van der Waals surface area (Å²) in [5.41, 5.74) is 0. The number of hydrogen-bond donors (Lipinski definition) is 1. The molecule has 1 amide bonds. The Labute approximate surface area is 133 Å². The molecule has 6 heteroatoms. The third-order valence-electron chi connectivity index (χ3n) is 2.87. The summed E-state index contributed by atoms with van der Waals surface area (Å²) in [5, 5.41) is 3.25. The number of carbonyl (C=O) groups is 1. The van der Waals surface area contributed by atoms with Gasteiger partial charge in [0.25, 0.3) is 0 Å². The van der Waals surface area contributed by atoms with Crippen LogP contribution in [0.15, 0.2) is 33.6 Å². The predicted octanol–water partition coefficient (Wildman–Crippen LogP) is 2.78. The van der Waals surface area contributed by atoms with Crippen LogP contribution in [0.3, 0.4) is 0 Å². The molecule has 0 spiro atoms. The van der Waals surface area contributed by atoms with Gasteiger partial charge in [-0.25, -0.2) is 0 Å². The molecule has 0 bridgehead atoms. The van der Waals surface area contributed by atoms with Crippen LogP contribution in [0.1, 0.15) is 6.42 Å². The number of piperazine rings is 1. The first kappa shape index (κ1) is 16.8. The summed E-state index contributed by atoms with van der Waals surface area (Å²) >= 11 is 5.15. The van der Waals surface area contributed by atoms with Gasteiger partial charge in [0.15, 0.2) is 0 Å². The summed E-state index contributed by atoms with van der Waals surface area (Å²) in [6, 6.07) is 8.20. The molecule has 0 radical (unpaired) electrons. The Balaban J connectivity index is 0.00000180. The highest BCUT2D eigenvalue weighted by Crippen LogP contribution is 2.21. The Bertz CT molecular complexity index is 396. The van der Waals surface area contributed by atoms with Crippen molar-refractivity contribution >= 4 is 46.0 Å². The largest absolute Gasteiger partial charge is 0.340 e. The van der Waals surface area contributed by atoms with Gasteiger partial charge < -0.3 is 10.2 Å². The zero-order valence-electron chi connectivity index (χ0n) is 10.6. The summed E-state index contributed by atoms with van der Waals surface area (Å²) in [5.74, 6) is 1.13. The normalized spacial score (nSPS) is 14.9. The first-order valence-corrected chi connectivity index (χ1v) is 7.90. The van der Waals surface area contributed by atoms with Crippen LogP contribution in [0.4, 0.5) is 0 Å². The molecule has 19 heavy (non-hydrogen) atoms. The van der Waals surface area contributed by atoms with Gasteiger partial charge >= 0.3 is 0 Å². The Hall–Kier alpha value is -0.230. The van der Waals surface area contributed by atoms with Crippen LogP contribution in [0, 0.1) is 0 Å². The van der Waals surface area contributed by atoms with E-state index in [1.165, 1.54) is 4.90 Å². The van der Waals surface area contributed by atoms with E-state index in [-0.39, 0.29) is 18.3 Å². The van der Waals surface area contributed by atoms with Crippen LogP contribution in [0.5, 0.6) is 0 Å². The molecule has 0 unspecified atom stereocenters. The van der Waals surface area contributed by atoms with E-state index < -0.39 is 0 Å². The number of halogens is 2. The summed E-state index contributed by atoms with van der Waals surface area (Å²) < 4.78 is 1.09. The van der Waals surface area contributed by atoms with Crippen molar-refractivity contribution in [1.82, 2.24) is 10.2 Å². The highest BCUT2D eigenvalue weighted by Gasteiger charge is 2.15. The lowest BCUT2D eigenvalue weighted by Crippen LogP contribution is -2.46. The van der Waals surface area contributed by atoms with E-state index in [0.29, 0.717) is 6.42 Å². The average Bonchev–Trinajstić information content (AvgIpc) is 2.42. The maximum atomic E-state index is 11.9. The van der Waals surface area contributed by atoms with Gasteiger partial charge in [-0.2, -0.15) is 0 Å². The summed E-state index contributed by atoms with van der Waals surface area (Å²) in [6.07, 6.45) is 0.626. The Morgan fingerprint density at radius 3 is 2.53 bits per heavy atom. The smallest absolute Gasteiger partial charge is 0.223 e. The topological polar surface area (TPSA) is 32.3 Å². The second-order valence-electron chi connectivity index (χ2n) is 4.18. The van der Waals surface area contributed by atoms with E-state index in [1.807, 2.05) is 17.0 Å². The van der Waals surface area contributed by atoms with Gasteiger partial charge in [-0.05, 0) is 24.3 Å². The lowest BCUT2D eigenvalue weighted by atomic mass is 10.3. The number of nitrogens with one attached hydrogen (secondary N) is 1. The number of hydrogen-bond acceptors (Lipinski definition) is 3. The SMILES string of the molecule is Cl.O=C(CCSc1ccc(Br)cc1)N1CCNCC1. The molecule has 1 fully saturated rings. The van der Waals surface area contributed by atoms with E-state index in [0.717, 1.165) is 36.4 Å². The van der Waals surface area contributed by atoms with Gasteiger partial charge in [0.05, 0.1) is 0 Å². The minimum absolute atomic E-state index is 0. The molecule has 3 nitrogen and oxygen atoms in total.